The number of nitrogens with zero attached hydrogens (tertiary/aromatic N) is 3. The second-order valence-electron chi connectivity index (χ2n) is 5.28. The molecule has 1 amide bonds. The zero-order chi connectivity index (χ0) is 13.9. The van der Waals surface area contributed by atoms with E-state index in [4.69, 9.17) is 15.7 Å². The minimum atomic E-state index is -0.886. The van der Waals surface area contributed by atoms with Crippen molar-refractivity contribution < 1.29 is 14.7 Å². The standard InChI is InChI=1S/C12H22N4O3/c1-15-4-6-16(7-5-15)11(17)12(10(13)14-18)2-8-19-9-3-12/h18H,2-9H2,1H3,(H2,13,14). The second-order valence-corrected chi connectivity index (χ2v) is 5.28. The Labute approximate surface area is 113 Å². The molecule has 0 atom stereocenters. The molecule has 108 valence electrons. The third-order valence-electron chi connectivity index (χ3n) is 4.14. The van der Waals surface area contributed by atoms with Crippen LogP contribution in [-0.4, -0.2) is 73.2 Å². The summed E-state index contributed by atoms with van der Waals surface area (Å²) in [6.45, 7) is 4.03. The summed E-state index contributed by atoms with van der Waals surface area (Å²) in [6, 6.07) is 0. The molecule has 2 rings (SSSR count). The molecular weight excluding hydrogens is 248 g/mol. The van der Waals surface area contributed by atoms with Gasteiger partial charge in [0.15, 0.2) is 5.84 Å². The van der Waals surface area contributed by atoms with Gasteiger partial charge < -0.3 is 25.5 Å². The third-order valence-corrected chi connectivity index (χ3v) is 4.14. The van der Waals surface area contributed by atoms with Crippen molar-refractivity contribution in [2.24, 2.45) is 16.3 Å². The van der Waals surface area contributed by atoms with Crippen LogP contribution in [-0.2, 0) is 9.53 Å². The van der Waals surface area contributed by atoms with Crippen molar-refractivity contribution in [3.05, 3.63) is 0 Å². The van der Waals surface area contributed by atoms with Gasteiger partial charge in [-0.3, -0.25) is 4.79 Å². The zero-order valence-corrected chi connectivity index (χ0v) is 11.3. The van der Waals surface area contributed by atoms with Gasteiger partial charge in [-0.2, -0.15) is 0 Å². The molecule has 0 aromatic heterocycles. The molecule has 7 nitrogen and oxygen atoms in total. The summed E-state index contributed by atoms with van der Waals surface area (Å²) in [4.78, 5) is 16.8. The van der Waals surface area contributed by atoms with E-state index in [1.165, 1.54) is 0 Å². The first-order valence-electron chi connectivity index (χ1n) is 6.64. The van der Waals surface area contributed by atoms with Gasteiger partial charge in [0, 0.05) is 39.4 Å². The number of rotatable bonds is 2. The molecule has 0 aromatic carbocycles. The Bertz CT molecular complexity index is 358. The van der Waals surface area contributed by atoms with Crippen LogP contribution < -0.4 is 5.73 Å². The Kier molecular flexibility index (Phi) is 4.26. The van der Waals surface area contributed by atoms with Gasteiger partial charge in [0.05, 0.1) is 0 Å². The van der Waals surface area contributed by atoms with Crippen molar-refractivity contribution in [2.45, 2.75) is 12.8 Å². The van der Waals surface area contributed by atoms with Crippen molar-refractivity contribution in [2.75, 3.05) is 46.4 Å². The molecule has 0 spiro atoms. The zero-order valence-electron chi connectivity index (χ0n) is 11.3. The lowest BCUT2D eigenvalue weighted by atomic mass is 9.77. The molecule has 2 fully saturated rings. The van der Waals surface area contributed by atoms with Gasteiger partial charge in [0.25, 0.3) is 0 Å². The summed E-state index contributed by atoms with van der Waals surface area (Å²) < 4.78 is 5.30. The summed E-state index contributed by atoms with van der Waals surface area (Å²) >= 11 is 0. The highest BCUT2D eigenvalue weighted by Crippen LogP contribution is 2.33. The average molecular weight is 270 g/mol. The number of hydrogen-bond donors (Lipinski definition) is 2. The van der Waals surface area contributed by atoms with E-state index >= 15 is 0 Å². The molecule has 0 saturated carbocycles. The Morgan fingerprint density at radius 2 is 1.84 bits per heavy atom. The van der Waals surface area contributed by atoms with Crippen LogP contribution in [0.3, 0.4) is 0 Å². The van der Waals surface area contributed by atoms with Crippen LogP contribution in [0.4, 0.5) is 0 Å². The van der Waals surface area contributed by atoms with Gasteiger partial charge in [-0.05, 0) is 19.9 Å². The number of ether oxygens (including phenoxy) is 1. The number of nitrogens with two attached hydrogens (primary N) is 1. The fraction of sp³-hybridized carbons (Fsp3) is 0.833. The third kappa shape index (κ3) is 2.66. The van der Waals surface area contributed by atoms with Crippen molar-refractivity contribution >= 4 is 11.7 Å². The molecular formula is C12H22N4O3. The van der Waals surface area contributed by atoms with Crippen molar-refractivity contribution in [3.63, 3.8) is 0 Å². The van der Waals surface area contributed by atoms with Gasteiger partial charge in [0.2, 0.25) is 5.91 Å². The summed E-state index contributed by atoms with van der Waals surface area (Å²) in [6.07, 6.45) is 0.960. The molecule has 0 aromatic rings. The number of carbonyl (C=O) groups excluding carboxylic acids is 1. The SMILES string of the molecule is CN1CCN(C(=O)C2(C(N)=NO)CCOCC2)CC1. The molecule has 2 heterocycles. The first-order chi connectivity index (χ1) is 9.10. The molecule has 0 unspecified atom stereocenters. The van der Waals surface area contributed by atoms with Crippen LogP contribution >= 0.6 is 0 Å². The maximum atomic E-state index is 12.8. The molecule has 2 aliphatic heterocycles. The van der Waals surface area contributed by atoms with E-state index in [0.29, 0.717) is 39.1 Å². The van der Waals surface area contributed by atoms with E-state index in [1.807, 2.05) is 11.9 Å². The van der Waals surface area contributed by atoms with E-state index in [1.54, 1.807) is 0 Å². The normalized spacial score (nSPS) is 25.3. The second kappa shape index (κ2) is 5.75. The van der Waals surface area contributed by atoms with Crippen molar-refractivity contribution in [1.29, 1.82) is 0 Å². The van der Waals surface area contributed by atoms with E-state index < -0.39 is 5.41 Å². The lowest BCUT2D eigenvalue weighted by Crippen LogP contribution is -2.57. The van der Waals surface area contributed by atoms with Crippen LogP contribution in [0.5, 0.6) is 0 Å². The number of hydrogen-bond acceptors (Lipinski definition) is 5. The molecule has 2 saturated heterocycles. The van der Waals surface area contributed by atoms with E-state index in [0.717, 1.165) is 13.1 Å². The van der Waals surface area contributed by atoms with E-state index in [2.05, 4.69) is 10.1 Å². The fourth-order valence-electron chi connectivity index (χ4n) is 2.71. The summed E-state index contributed by atoms with van der Waals surface area (Å²) in [7, 11) is 2.04. The Balaban J connectivity index is 2.16. The molecule has 2 aliphatic rings. The number of amides is 1. The van der Waals surface area contributed by atoms with Crippen molar-refractivity contribution in [3.8, 4) is 0 Å². The molecule has 3 N–H and O–H groups in total. The number of amidine groups is 1. The number of carbonyl (C=O) groups is 1. The largest absolute Gasteiger partial charge is 0.409 e. The van der Waals surface area contributed by atoms with Gasteiger partial charge in [0.1, 0.15) is 5.41 Å². The Morgan fingerprint density at radius 1 is 1.26 bits per heavy atom. The lowest BCUT2D eigenvalue weighted by molar-refractivity contribution is -0.144. The highest BCUT2D eigenvalue weighted by molar-refractivity contribution is 6.06. The quantitative estimate of drug-likeness (QED) is 0.300. The van der Waals surface area contributed by atoms with Crippen LogP contribution in [0.2, 0.25) is 0 Å². The molecule has 0 radical (unpaired) electrons. The number of oxime groups is 1. The van der Waals surface area contributed by atoms with E-state index in [-0.39, 0.29) is 11.7 Å². The van der Waals surface area contributed by atoms with Crippen LogP contribution in [0.25, 0.3) is 0 Å². The topological polar surface area (TPSA) is 91.4 Å². The summed E-state index contributed by atoms with van der Waals surface area (Å²) in [5.74, 6) is -0.0149. The maximum Gasteiger partial charge on any atom is 0.236 e. The Hall–Kier alpha value is -1.34. The van der Waals surface area contributed by atoms with Crippen LogP contribution in [0, 0.1) is 5.41 Å². The highest BCUT2D eigenvalue weighted by atomic mass is 16.5. The van der Waals surface area contributed by atoms with Gasteiger partial charge >= 0.3 is 0 Å². The lowest BCUT2D eigenvalue weighted by Gasteiger charge is -2.41. The van der Waals surface area contributed by atoms with E-state index in [9.17, 15) is 4.79 Å². The van der Waals surface area contributed by atoms with Crippen LogP contribution in [0.1, 0.15) is 12.8 Å². The number of likely N-dealkylation sites (N-methyl/N-ethyl adjacent to an activating group) is 1. The first kappa shape index (κ1) is 14.1. The van der Waals surface area contributed by atoms with Gasteiger partial charge in [-0.1, -0.05) is 5.16 Å². The smallest absolute Gasteiger partial charge is 0.236 e. The molecule has 7 heteroatoms. The molecule has 0 bridgehead atoms. The predicted molar refractivity (Wildman–Crippen MR) is 70.0 cm³/mol. The fourth-order valence-corrected chi connectivity index (χ4v) is 2.71. The Morgan fingerprint density at radius 3 is 2.37 bits per heavy atom. The minimum Gasteiger partial charge on any atom is -0.409 e. The van der Waals surface area contributed by atoms with Crippen molar-refractivity contribution in [1.82, 2.24) is 9.80 Å². The monoisotopic (exact) mass is 270 g/mol. The predicted octanol–water partition coefficient (Wildman–Crippen LogP) is -0.696. The van der Waals surface area contributed by atoms with Gasteiger partial charge in [-0.15, -0.1) is 0 Å². The summed E-state index contributed by atoms with van der Waals surface area (Å²) in [5, 5.41) is 12.1. The minimum absolute atomic E-state index is 0.0136. The summed E-state index contributed by atoms with van der Waals surface area (Å²) in [5.41, 5.74) is 4.92. The average Bonchev–Trinajstić information content (AvgIpc) is 2.47. The number of piperazine rings is 1. The van der Waals surface area contributed by atoms with Gasteiger partial charge in [-0.25, -0.2) is 0 Å². The molecule has 19 heavy (non-hydrogen) atoms. The van der Waals surface area contributed by atoms with Crippen LogP contribution in [0.15, 0.2) is 5.16 Å². The molecule has 0 aliphatic carbocycles. The maximum absolute atomic E-state index is 12.8. The first-order valence-corrected chi connectivity index (χ1v) is 6.64. The highest BCUT2D eigenvalue weighted by Gasteiger charge is 2.46.